The molecule has 140 valence electrons. The number of anilines is 1. The average Bonchev–Trinajstić information content (AvgIpc) is 3.17. The van der Waals surface area contributed by atoms with Crippen molar-refractivity contribution in [2.45, 2.75) is 19.3 Å². The minimum absolute atomic E-state index is 0.00493. The number of hydrogen-bond donors (Lipinski definition) is 1. The van der Waals surface area contributed by atoms with Gasteiger partial charge in [0.2, 0.25) is 11.8 Å². The molecule has 2 amide bonds. The Morgan fingerprint density at radius 3 is 2.63 bits per heavy atom. The van der Waals surface area contributed by atoms with Crippen LogP contribution >= 0.6 is 0 Å². The molecule has 2 atom stereocenters. The molecule has 1 saturated heterocycles. The summed E-state index contributed by atoms with van der Waals surface area (Å²) in [6, 6.07) is 11.8. The van der Waals surface area contributed by atoms with E-state index >= 15 is 0 Å². The number of halogens is 2. The van der Waals surface area contributed by atoms with Crippen LogP contribution < -0.4 is 5.32 Å². The highest BCUT2D eigenvalue weighted by Gasteiger charge is 2.61. The van der Waals surface area contributed by atoms with Crippen LogP contribution in [0.3, 0.4) is 0 Å². The Hall–Kier alpha value is -2.76. The Balaban J connectivity index is 1.33. The summed E-state index contributed by atoms with van der Waals surface area (Å²) in [4.78, 5) is 26.8. The summed E-state index contributed by atoms with van der Waals surface area (Å²) in [7, 11) is 0. The number of amides is 2. The van der Waals surface area contributed by atoms with Crippen LogP contribution in [-0.4, -0.2) is 29.8 Å². The maximum atomic E-state index is 13.3. The number of hydrogen-bond acceptors (Lipinski definition) is 2. The summed E-state index contributed by atoms with van der Waals surface area (Å²) < 4.78 is 26.2. The van der Waals surface area contributed by atoms with E-state index in [1.54, 1.807) is 29.2 Å². The first-order chi connectivity index (χ1) is 12.9. The summed E-state index contributed by atoms with van der Waals surface area (Å²) >= 11 is 0. The highest BCUT2D eigenvalue weighted by molar-refractivity contribution is 5.95. The molecule has 1 aliphatic carbocycles. The summed E-state index contributed by atoms with van der Waals surface area (Å²) in [6.45, 7) is 1.19. The lowest BCUT2D eigenvalue weighted by Gasteiger charge is -2.17. The summed E-state index contributed by atoms with van der Waals surface area (Å²) in [5.74, 6) is -0.985. The zero-order chi connectivity index (χ0) is 19.0. The Morgan fingerprint density at radius 2 is 1.89 bits per heavy atom. The molecule has 6 heteroatoms. The first kappa shape index (κ1) is 17.6. The molecule has 1 saturated carbocycles. The number of likely N-dealkylation sites (tertiary alicyclic amines) is 1. The monoisotopic (exact) mass is 370 g/mol. The number of carbonyl (C=O) groups excluding carboxylic acids is 2. The van der Waals surface area contributed by atoms with E-state index in [0.29, 0.717) is 18.8 Å². The first-order valence-electron chi connectivity index (χ1n) is 9.04. The van der Waals surface area contributed by atoms with Crippen molar-refractivity contribution in [3.8, 4) is 0 Å². The van der Waals surface area contributed by atoms with Crippen LogP contribution in [0.4, 0.5) is 14.5 Å². The van der Waals surface area contributed by atoms with Crippen molar-refractivity contribution in [2.75, 3.05) is 18.4 Å². The maximum Gasteiger partial charge on any atom is 0.228 e. The molecule has 0 unspecified atom stereocenters. The lowest BCUT2D eigenvalue weighted by Crippen LogP contribution is -2.31. The van der Waals surface area contributed by atoms with Crippen LogP contribution in [0.5, 0.6) is 0 Å². The smallest absolute Gasteiger partial charge is 0.228 e. The van der Waals surface area contributed by atoms with Crippen molar-refractivity contribution in [1.82, 2.24) is 4.90 Å². The second-order valence-electron chi connectivity index (χ2n) is 7.49. The molecule has 0 aromatic heterocycles. The molecule has 1 N–H and O–H groups in total. The van der Waals surface area contributed by atoms with Crippen LogP contribution in [0.25, 0.3) is 0 Å². The summed E-state index contributed by atoms with van der Waals surface area (Å²) in [6.07, 6.45) is 1.77. The fourth-order valence-corrected chi connectivity index (χ4v) is 3.96. The normalized spacial score (nSPS) is 23.5. The standard InChI is InChI=1S/C21H20F2N2O2/c22-15-6-4-14(5-7-15)10-19(26)25-9-8-21(13-25)12-18(21)20(27)24-17-3-1-2-16(23)11-17/h1-7,11,18H,8-10,12-13H2,(H,24,27)/t18-,21-/m0/s1. The number of rotatable bonds is 4. The van der Waals surface area contributed by atoms with Gasteiger partial charge in [0.25, 0.3) is 0 Å². The largest absolute Gasteiger partial charge is 0.342 e. The number of nitrogens with zero attached hydrogens (tertiary/aromatic N) is 1. The van der Waals surface area contributed by atoms with E-state index in [9.17, 15) is 18.4 Å². The van der Waals surface area contributed by atoms with Gasteiger partial charge in [0, 0.05) is 30.1 Å². The van der Waals surface area contributed by atoms with Crippen molar-refractivity contribution in [2.24, 2.45) is 11.3 Å². The average molecular weight is 370 g/mol. The first-order valence-corrected chi connectivity index (χ1v) is 9.04. The van der Waals surface area contributed by atoms with Gasteiger partial charge in [-0.25, -0.2) is 8.78 Å². The molecule has 4 rings (SSSR count). The van der Waals surface area contributed by atoms with Crippen LogP contribution in [0.2, 0.25) is 0 Å². The molecule has 1 heterocycles. The third-order valence-corrected chi connectivity index (χ3v) is 5.61. The molecule has 2 fully saturated rings. The molecule has 27 heavy (non-hydrogen) atoms. The number of benzene rings is 2. The topological polar surface area (TPSA) is 49.4 Å². The minimum atomic E-state index is -0.392. The zero-order valence-electron chi connectivity index (χ0n) is 14.8. The molecule has 1 aliphatic heterocycles. The number of nitrogens with one attached hydrogen (secondary N) is 1. The molecule has 1 spiro atoms. The van der Waals surface area contributed by atoms with Crippen LogP contribution in [0.1, 0.15) is 18.4 Å². The molecule has 0 bridgehead atoms. The predicted molar refractivity (Wildman–Crippen MR) is 96.9 cm³/mol. The predicted octanol–water partition coefficient (Wildman–Crippen LogP) is 3.38. The Kier molecular flexibility index (Phi) is 4.42. The SMILES string of the molecule is O=C(Nc1cccc(F)c1)[C@@H]1C[C@]12CCN(C(=O)Cc1ccc(F)cc1)C2. The summed E-state index contributed by atoms with van der Waals surface area (Å²) in [5, 5.41) is 2.77. The third-order valence-electron chi connectivity index (χ3n) is 5.61. The van der Waals surface area contributed by atoms with E-state index in [4.69, 9.17) is 0 Å². The van der Waals surface area contributed by atoms with E-state index < -0.39 is 5.82 Å². The van der Waals surface area contributed by atoms with Crippen molar-refractivity contribution in [1.29, 1.82) is 0 Å². The molecule has 2 aliphatic rings. The van der Waals surface area contributed by atoms with Crippen LogP contribution in [-0.2, 0) is 16.0 Å². The summed E-state index contributed by atoms with van der Waals surface area (Å²) in [5.41, 5.74) is 1.07. The lowest BCUT2D eigenvalue weighted by molar-refractivity contribution is -0.129. The van der Waals surface area contributed by atoms with E-state index in [1.165, 1.54) is 24.3 Å². The van der Waals surface area contributed by atoms with Gasteiger partial charge in [-0.15, -0.1) is 0 Å². The van der Waals surface area contributed by atoms with E-state index in [-0.39, 0.29) is 35.4 Å². The highest BCUT2D eigenvalue weighted by Crippen LogP contribution is 2.58. The lowest BCUT2D eigenvalue weighted by atomic mass is 10.0. The van der Waals surface area contributed by atoms with Crippen molar-refractivity contribution >= 4 is 17.5 Å². The molecule has 2 aromatic rings. The Labute approximate surface area is 156 Å². The molecule has 0 radical (unpaired) electrons. The maximum absolute atomic E-state index is 13.3. The Morgan fingerprint density at radius 1 is 1.11 bits per heavy atom. The van der Waals surface area contributed by atoms with Gasteiger partial charge < -0.3 is 10.2 Å². The van der Waals surface area contributed by atoms with Gasteiger partial charge in [-0.2, -0.15) is 0 Å². The second kappa shape index (κ2) is 6.76. The Bertz CT molecular complexity index is 884. The van der Waals surface area contributed by atoms with Crippen LogP contribution in [0, 0.1) is 23.0 Å². The molecular weight excluding hydrogens is 350 g/mol. The van der Waals surface area contributed by atoms with Gasteiger partial charge >= 0.3 is 0 Å². The van der Waals surface area contributed by atoms with E-state index in [2.05, 4.69) is 5.32 Å². The van der Waals surface area contributed by atoms with Gasteiger partial charge in [-0.05, 0) is 48.7 Å². The molecular formula is C21H20F2N2O2. The van der Waals surface area contributed by atoms with E-state index in [0.717, 1.165) is 18.4 Å². The van der Waals surface area contributed by atoms with Crippen molar-refractivity contribution in [3.63, 3.8) is 0 Å². The fourth-order valence-electron chi connectivity index (χ4n) is 3.96. The van der Waals surface area contributed by atoms with E-state index in [1.807, 2.05) is 0 Å². The third kappa shape index (κ3) is 3.70. The van der Waals surface area contributed by atoms with Gasteiger partial charge in [-0.3, -0.25) is 9.59 Å². The zero-order valence-corrected chi connectivity index (χ0v) is 14.8. The van der Waals surface area contributed by atoms with Gasteiger partial charge in [0.05, 0.1) is 6.42 Å². The number of carbonyl (C=O) groups is 2. The van der Waals surface area contributed by atoms with Crippen LogP contribution in [0.15, 0.2) is 48.5 Å². The van der Waals surface area contributed by atoms with Gasteiger partial charge in [-0.1, -0.05) is 18.2 Å². The van der Waals surface area contributed by atoms with Crippen molar-refractivity contribution in [3.05, 3.63) is 65.7 Å². The molecule has 2 aromatic carbocycles. The fraction of sp³-hybridized carbons (Fsp3) is 0.333. The highest BCUT2D eigenvalue weighted by atomic mass is 19.1. The quantitative estimate of drug-likeness (QED) is 0.897. The molecule has 4 nitrogen and oxygen atoms in total. The second-order valence-corrected chi connectivity index (χ2v) is 7.49. The van der Waals surface area contributed by atoms with Crippen molar-refractivity contribution < 1.29 is 18.4 Å². The van der Waals surface area contributed by atoms with Gasteiger partial charge in [0.1, 0.15) is 11.6 Å². The van der Waals surface area contributed by atoms with Gasteiger partial charge in [0.15, 0.2) is 0 Å². The minimum Gasteiger partial charge on any atom is -0.342 e.